The average molecular weight is 334 g/mol. The fourth-order valence-electron chi connectivity index (χ4n) is 1.83. The average Bonchev–Trinajstić information content (AvgIpc) is 2.57. The minimum atomic E-state index is -0.349. The number of benzene rings is 1. The molecular weight excluding hydrogens is 318 g/mol. The molecule has 0 bridgehead atoms. The first kappa shape index (κ1) is 16.8. The maximum Gasteiger partial charge on any atom is 0.272 e. The lowest BCUT2D eigenvalue weighted by atomic mass is 10.2. The summed E-state index contributed by atoms with van der Waals surface area (Å²) in [6, 6.07) is 6.72. The Kier molecular flexibility index (Phi) is 5.94. The minimum Gasteiger partial charge on any atom is -0.493 e. The number of carbonyl (C=O) groups is 1. The van der Waals surface area contributed by atoms with Crippen LogP contribution in [0.5, 0.6) is 11.5 Å². The highest BCUT2D eigenvalue weighted by Crippen LogP contribution is 2.35. The lowest BCUT2D eigenvalue weighted by Crippen LogP contribution is -2.17. The number of hydrogen-bond acceptors (Lipinski definition) is 5. The van der Waals surface area contributed by atoms with Crippen molar-refractivity contribution in [2.24, 2.45) is 5.10 Å². The number of ether oxygens (including phenoxy) is 2. The molecule has 1 aromatic carbocycles. The van der Waals surface area contributed by atoms with Crippen molar-refractivity contribution in [2.45, 2.75) is 6.92 Å². The first-order valence-corrected chi connectivity index (χ1v) is 7.27. The van der Waals surface area contributed by atoms with Crippen LogP contribution in [-0.2, 0) is 0 Å². The molecule has 7 heteroatoms. The lowest BCUT2D eigenvalue weighted by Gasteiger charge is -2.11. The summed E-state index contributed by atoms with van der Waals surface area (Å²) in [5.74, 6) is 0.631. The van der Waals surface area contributed by atoms with E-state index in [0.717, 1.165) is 0 Å². The van der Waals surface area contributed by atoms with Crippen molar-refractivity contribution in [1.82, 2.24) is 10.4 Å². The third-order valence-electron chi connectivity index (χ3n) is 2.84. The first-order valence-electron chi connectivity index (χ1n) is 6.89. The minimum absolute atomic E-state index is 0.349. The van der Waals surface area contributed by atoms with Gasteiger partial charge in [-0.15, -0.1) is 0 Å². The third kappa shape index (κ3) is 4.43. The second-order valence-corrected chi connectivity index (χ2v) is 4.82. The van der Waals surface area contributed by atoms with Crippen LogP contribution in [0.3, 0.4) is 0 Å². The van der Waals surface area contributed by atoms with E-state index in [-0.39, 0.29) is 5.91 Å². The highest BCUT2D eigenvalue weighted by molar-refractivity contribution is 6.32. The number of methoxy groups -OCH3 is 1. The van der Waals surface area contributed by atoms with E-state index in [4.69, 9.17) is 21.1 Å². The van der Waals surface area contributed by atoms with Gasteiger partial charge in [-0.1, -0.05) is 11.6 Å². The van der Waals surface area contributed by atoms with E-state index in [0.29, 0.717) is 34.3 Å². The van der Waals surface area contributed by atoms with Crippen LogP contribution >= 0.6 is 11.6 Å². The summed E-state index contributed by atoms with van der Waals surface area (Å²) in [7, 11) is 1.53. The van der Waals surface area contributed by atoms with Gasteiger partial charge in [0.25, 0.3) is 5.91 Å². The number of carbonyl (C=O) groups excluding carboxylic acids is 1. The van der Waals surface area contributed by atoms with Gasteiger partial charge in [-0.2, -0.15) is 5.10 Å². The molecule has 1 amide bonds. The molecule has 6 nitrogen and oxygen atoms in total. The molecular formula is C16H16ClN3O3. The molecule has 0 spiro atoms. The molecule has 2 aromatic rings. The largest absolute Gasteiger partial charge is 0.493 e. The Balaban J connectivity index is 2.11. The number of aromatic nitrogens is 1. The molecule has 2 rings (SSSR count). The summed E-state index contributed by atoms with van der Waals surface area (Å²) in [6.07, 6.45) is 4.52. The van der Waals surface area contributed by atoms with Gasteiger partial charge >= 0.3 is 0 Å². The molecule has 1 heterocycles. The lowest BCUT2D eigenvalue weighted by molar-refractivity contribution is 0.0955. The van der Waals surface area contributed by atoms with E-state index in [1.165, 1.54) is 19.5 Å². The van der Waals surface area contributed by atoms with Crippen LogP contribution < -0.4 is 14.9 Å². The summed E-state index contributed by atoms with van der Waals surface area (Å²) in [5, 5.41) is 4.31. The van der Waals surface area contributed by atoms with Gasteiger partial charge in [0.05, 0.1) is 30.5 Å². The summed E-state index contributed by atoms with van der Waals surface area (Å²) < 4.78 is 10.7. The van der Waals surface area contributed by atoms with Gasteiger partial charge in [0.15, 0.2) is 11.5 Å². The highest BCUT2D eigenvalue weighted by atomic mass is 35.5. The van der Waals surface area contributed by atoms with Gasteiger partial charge in [-0.3, -0.25) is 9.78 Å². The van der Waals surface area contributed by atoms with Crippen LogP contribution in [0.25, 0.3) is 0 Å². The van der Waals surface area contributed by atoms with Gasteiger partial charge in [0.1, 0.15) is 0 Å². The molecule has 0 radical (unpaired) electrons. The summed E-state index contributed by atoms with van der Waals surface area (Å²) in [5.41, 5.74) is 3.51. The molecule has 0 atom stereocenters. The van der Waals surface area contributed by atoms with E-state index in [1.807, 2.05) is 6.92 Å². The fraction of sp³-hybridized carbons (Fsp3) is 0.188. The van der Waals surface area contributed by atoms with Crippen molar-refractivity contribution in [1.29, 1.82) is 0 Å². The van der Waals surface area contributed by atoms with Crippen LogP contribution in [-0.4, -0.2) is 30.8 Å². The van der Waals surface area contributed by atoms with Gasteiger partial charge in [0.2, 0.25) is 0 Å². The molecule has 23 heavy (non-hydrogen) atoms. The molecule has 0 aliphatic heterocycles. The molecule has 0 aliphatic carbocycles. The monoisotopic (exact) mass is 333 g/mol. The second-order valence-electron chi connectivity index (χ2n) is 4.41. The van der Waals surface area contributed by atoms with Crippen molar-refractivity contribution in [2.75, 3.05) is 13.7 Å². The summed E-state index contributed by atoms with van der Waals surface area (Å²) in [6.45, 7) is 2.34. The molecule has 1 N–H and O–H groups in total. The van der Waals surface area contributed by atoms with Crippen LogP contribution in [0.15, 0.2) is 41.8 Å². The Hall–Kier alpha value is -2.60. The number of hydrogen-bond donors (Lipinski definition) is 1. The topological polar surface area (TPSA) is 72.8 Å². The highest BCUT2D eigenvalue weighted by Gasteiger charge is 2.11. The number of hydrazone groups is 1. The van der Waals surface area contributed by atoms with E-state index in [2.05, 4.69) is 15.5 Å². The number of amides is 1. The molecule has 0 saturated carbocycles. The Labute approximate surface area is 139 Å². The zero-order chi connectivity index (χ0) is 16.7. The number of halogens is 1. The number of nitrogens with one attached hydrogen (secondary N) is 1. The Bertz CT molecular complexity index is 705. The van der Waals surface area contributed by atoms with Crippen LogP contribution in [0.4, 0.5) is 0 Å². The zero-order valence-corrected chi connectivity index (χ0v) is 13.5. The third-order valence-corrected chi connectivity index (χ3v) is 3.12. The predicted octanol–water partition coefficient (Wildman–Crippen LogP) is 2.91. The molecule has 0 aliphatic rings. The van der Waals surface area contributed by atoms with Crippen molar-refractivity contribution < 1.29 is 14.3 Å². The maximum atomic E-state index is 11.8. The van der Waals surface area contributed by atoms with Crippen molar-refractivity contribution in [3.63, 3.8) is 0 Å². The van der Waals surface area contributed by atoms with Crippen molar-refractivity contribution >= 4 is 23.7 Å². The predicted molar refractivity (Wildman–Crippen MR) is 88.5 cm³/mol. The van der Waals surface area contributed by atoms with Gasteiger partial charge < -0.3 is 9.47 Å². The number of pyridine rings is 1. The smallest absolute Gasteiger partial charge is 0.272 e. The van der Waals surface area contributed by atoms with Gasteiger partial charge in [-0.05, 0) is 36.8 Å². The Morgan fingerprint density at radius 1 is 1.48 bits per heavy atom. The van der Waals surface area contributed by atoms with Crippen molar-refractivity contribution in [3.8, 4) is 11.5 Å². The second kappa shape index (κ2) is 8.14. The SMILES string of the molecule is CCOc1c(Cl)cc(C=NNC(=O)c2cccnc2)cc1OC. The quantitative estimate of drug-likeness (QED) is 0.651. The number of nitrogens with zero attached hydrogens (tertiary/aromatic N) is 2. The molecule has 120 valence electrons. The molecule has 1 aromatic heterocycles. The van der Waals surface area contributed by atoms with E-state index >= 15 is 0 Å². The van der Waals surface area contributed by atoms with Crippen LogP contribution in [0.2, 0.25) is 5.02 Å². The molecule has 0 unspecified atom stereocenters. The van der Waals surface area contributed by atoms with E-state index < -0.39 is 0 Å². The summed E-state index contributed by atoms with van der Waals surface area (Å²) >= 11 is 6.17. The zero-order valence-electron chi connectivity index (χ0n) is 12.7. The van der Waals surface area contributed by atoms with Crippen LogP contribution in [0, 0.1) is 0 Å². The normalized spacial score (nSPS) is 10.6. The first-order chi connectivity index (χ1) is 11.2. The van der Waals surface area contributed by atoms with Gasteiger partial charge in [-0.25, -0.2) is 5.43 Å². The molecule has 0 fully saturated rings. The van der Waals surface area contributed by atoms with E-state index in [9.17, 15) is 4.79 Å². The maximum absolute atomic E-state index is 11.8. The fourth-order valence-corrected chi connectivity index (χ4v) is 2.10. The number of rotatable bonds is 6. The van der Waals surface area contributed by atoms with Crippen molar-refractivity contribution in [3.05, 3.63) is 52.8 Å². The Morgan fingerprint density at radius 3 is 2.96 bits per heavy atom. The standard InChI is InChI=1S/C16H16ClN3O3/c1-3-23-15-13(17)7-11(8-14(15)22-2)9-19-20-16(21)12-5-4-6-18-10-12/h4-10H,3H2,1-2H3,(H,20,21). The van der Waals surface area contributed by atoms with Crippen LogP contribution in [0.1, 0.15) is 22.8 Å². The summed E-state index contributed by atoms with van der Waals surface area (Å²) in [4.78, 5) is 15.7. The Morgan fingerprint density at radius 2 is 2.30 bits per heavy atom. The van der Waals surface area contributed by atoms with Gasteiger partial charge in [0, 0.05) is 12.4 Å². The molecule has 0 saturated heterocycles. The van der Waals surface area contributed by atoms with E-state index in [1.54, 1.807) is 30.5 Å².